The van der Waals surface area contributed by atoms with Crippen LogP contribution in [0.4, 0.5) is 10.5 Å². The number of aromatic carboxylic acids is 1. The molecule has 0 saturated carbocycles. The zero-order valence-electron chi connectivity index (χ0n) is 11.3. The second-order valence-corrected chi connectivity index (χ2v) is 4.25. The molecule has 7 nitrogen and oxygen atoms in total. The number of carbonyl (C=O) groups is 3. The summed E-state index contributed by atoms with van der Waals surface area (Å²) in [5, 5.41) is 11.5. The number of amides is 3. The van der Waals surface area contributed by atoms with Crippen LogP contribution < -0.4 is 11.1 Å². The van der Waals surface area contributed by atoms with Crippen LogP contribution in [0, 0.1) is 6.92 Å². The summed E-state index contributed by atoms with van der Waals surface area (Å²) in [6.45, 7) is 3.57. The molecule has 1 aromatic carbocycles. The van der Waals surface area contributed by atoms with Gasteiger partial charge < -0.3 is 21.1 Å². The maximum atomic E-state index is 12.0. The van der Waals surface area contributed by atoms with Crippen molar-refractivity contribution >= 4 is 23.6 Å². The number of hydrogen-bond donors (Lipinski definition) is 3. The maximum Gasteiger partial charge on any atom is 0.335 e. The molecule has 0 unspecified atom stereocenters. The van der Waals surface area contributed by atoms with Gasteiger partial charge in [0.2, 0.25) is 5.91 Å². The molecule has 3 amide bonds. The minimum absolute atomic E-state index is 0.0730. The van der Waals surface area contributed by atoms with E-state index >= 15 is 0 Å². The van der Waals surface area contributed by atoms with E-state index in [2.05, 4.69) is 5.32 Å². The Morgan fingerprint density at radius 3 is 2.50 bits per heavy atom. The molecule has 0 aromatic heterocycles. The summed E-state index contributed by atoms with van der Waals surface area (Å²) in [4.78, 5) is 35.0. The summed E-state index contributed by atoms with van der Waals surface area (Å²) in [5.41, 5.74) is 6.24. The van der Waals surface area contributed by atoms with Crippen molar-refractivity contribution < 1.29 is 19.5 Å². The predicted octanol–water partition coefficient (Wildman–Crippen LogP) is 1.03. The molecule has 0 spiro atoms. The van der Waals surface area contributed by atoms with E-state index in [9.17, 15) is 14.4 Å². The maximum absolute atomic E-state index is 12.0. The number of anilines is 1. The van der Waals surface area contributed by atoms with Gasteiger partial charge in [-0.1, -0.05) is 6.07 Å². The third-order valence-electron chi connectivity index (χ3n) is 2.74. The Morgan fingerprint density at radius 2 is 2.00 bits per heavy atom. The van der Waals surface area contributed by atoms with Gasteiger partial charge >= 0.3 is 12.0 Å². The molecule has 108 valence electrons. The molecule has 0 atom stereocenters. The molecule has 0 aliphatic heterocycles. The lowest BCUT2D eigenvalue weighted by Gasteiger charge is -2.20. The summed E-state index contributed by atoms with van der Waals surface area (Å²) >= 11 is 0. The molecule has 0 heterocycles. The van der Waals surface area contributed by atoms with Gasteiger partial charge in [0, 0.05) is 12.2 Å². The third-order valence-corrected chi connectivity index (χ3v) is 2.74. The monoisotopic (exact) mass is 279 g/mol. The first-order chi connectivity index (χ1) is 9.35. The van der Waals surface area contributed by atoms with Gasteiger partial charge in [0.1, 0.15) is 6.54 Å². The number of nitrogens with zero attached hydrogens (tertiary/aromatic N) is 1. The summed E-state index contributed by atoms with van der Waals surface area (Å²) < 4.78 is 0. The zero-order chi connectivity index (χ0) is 15.3. The number of nitrogens with one attached hydrogen (secondary N) is 1. The van der Waals surface area contributed by atoms with E-state index in [4.69, 9.17) is 10.8 Å². The van der Waals surface area contributed by atoms with Gasteiger partial charge in [-0.25, -0.2) is 9.59 Å². The van der Waals surface area contributed by atoms with Crippen molar-refractivity contribution in [2.75, 3.05) is 18.4 Å². The molecule has 4 N–H and O–H groups in total. The van der Waals surface area contributed by atoms with Gasteiger partial charge in [0.15, 0.2) is 0 Å². The average molecular weight is 279 g/mol. The van der Waals surface area contributed by atoms with Gasteiger partial charge in [-0.15, -0.1) is 0 Å². The second-order valence-electron chi connectivity index (χ2n) is 4.25. The molecule has 1 aromatic rings. The highest BCUT2D eigenvalue weighted by Crippen LogP contribution is 2.17. The molecule has 0 radical (unpaired) electrons. The molecule has 1 rings (SSSR count). The highest BCUT2D eigenvalue weighted by molar-refractivity contribution is 5.95. The van der Waals surface area contributed by atoms with E-state index < -0.39 is 17.9 Å². The van der Waals surface area contributed by atoms with Crippen molar-refractivity contribution in [2.24, 2.45) is 5.73 Å². The second kappa shape index (κ2) is 6.55. The lowest BCUT2D eigenvalue weighted by molar-refractivity contribution is -0.118. The number of hydrogen-bond acceptors (Lipinski definition) is 3. The van der Waals surface area contributed by atoms with E-state index in [1.165, 1.54) is 17.0 Å². The molecular formula is C13H17N3O4. The van der Waals surface area contributed by atoms with Crippen LogP contribution >= 0.6 is 0 Å². The minimum Gasteiger partial charge on any atom is -0.478 e. The summed E-state index contributed by atoms with van der Waals surface area (Å²) in [7, 11) is 0. The Balaban J connectivity index is 2.91. The lowest BCUT2D eigenvalue weighted by Crippen LogP contribution is -2.40. The highest BCUT2D eigenvalue weighted by Gasteiger charge is 2.15. The van der Waals surface area contributed by atoms with Crippen LogP contribution in [0.25, 0.3) is 0 Å². The van der Waals surface area contributed by atoms with Crippen molar-refractivity contribution in [1.82, 2.24) is 4.90 Å². The summed E-state index contributed by atoms with van der Waals surface area (Å²) in [6.07, 6.45) is 0. The first-order valence-corrected chi connectivity index (χ1v) is 6.03. The minimum atomic E-state index is -1.08. The van der Waals surface area contributed by atoms with Crippen molar-refractivity contribution in [2.45, 2.75) is 13.8 Å². The number of primary amides is 1. The quantitative estimate of drug-likeness (QED) is 0.747. The Hall–Kier alpha value is -2.57. The number of likely N-dealkylation sites (N-methyl/N-ethyl adjacent to an activating group) is 1. The predicted molar refractivity (Wildman–Crippen MR) is 73.6 cm³/mol. The van der Waals surface area contributed by atoms with E-state index in [-0.39, 0.29) is 12.1 Å². The standard InChI is InChI=1S/C13H17N3O4/c1-3-16(7-11(14)17)13(20)15-10-6-9(12(18)19)5-4-8(10)2/h4-6H,3,7H2,1-2H3,(H2,14,17)(H,15,20)(H,18,19). The molecule has 7 heteroatoms. The molecule has 0 aliphatic rings. The van der Waals surface area contributed by atoms with Gasteiger partial charge in [0.25, 0.3) is 0 Å². The van der Waals surface area contributed by atoms with Crippen molar-refractivity contribution in [3.63, 3.8) is 0 Å². The van der Waals surface area contributed by atoms with Crippen molar-refractivity contribution in [3.05, 3.63) is 29.3 Å². The van der Waals surface area contributed by atoms with Crippen LogP contribution in [-0.4, -0.2) is 41.0 Å². The van der Waals surface area contributed by atoms with E-state index in [0.29, 0.717) is 12.2 Å². The Morgan fingerprint density at radius 1 is 1.35 bits per heavy atom. The molecule has 20 heavy (non-hydrogen) atoms. The van der Waals surface area contributed by atoms with Gasteiger partial charge in [-0.2, -0.15) is 0 Å². The summed E-state index contributed by atoms with van der Waals surface area (Å²) in [6, 6.07) is 3.92. The molecular weight excluding hydrogens is 262 g/mol. The smallest absolute Gasteiger partial charge is 0.335 e. The van der Waals surface area contributed by atoms with Crippen LogP contribution in [-0.2, 0) is 4.79 Å². The van der Waals surface area contributed by atoms with Crippen LogP contribution in [0.3, 0.4) is 0 Å². The number of urea groups is 1. The Kier molecular flexibility index (Phi) is 5.08. The third kappa shape index (κ3) is 3.98. The molecule has 0 saturated heterocycles. The number of carboxylic acid groups (broad SMARTS) is 1. The molecule has 0 fully saturated rings. The number of carbonyl (C=O) groups excluding carboxylic acids is 2. The zero-order valence-corrected chi connectivity index (χ0v) is 11.3. The fraction of sp³-hybridized carbons (Fsp3) is 0.308. The molecule has 0 bridgehead atoms. The molecule has 0 aliphatic carbocycles. The van der Waals surface area contributed by atoms with Crippen LogP contribution in [0.2, 0.25) is 0 Å². The van der Waals surface area contributed by atoms with Gasteiger partial charge in [-0.05, 0) is 31.5 Å². The number of benzene rings is 1. The topological polar surface area (TPSA) is 113 Å². The largest absolute Gasteiger partial charge is 0.478 e. The Labute approximate surface area is 116 Å². The van der Waals surface area contributed by atoms with E-state index in [0.717, 1.165) is 5.56 Å². The van der Waals surface area contributed by atoms with Gasteiger partial charge in [-0.3, -0.25) is 4.79 Å². The average Bonchev–Trinajstić information content (AvgIpc) is 2.37. The number of carboxylic acids is 1. The normalized spacial score (nSPS) is 9.90. The van der Waals surface area contributed by atoms with E-state index in [1.807, 2.05) is 0 Å². The van der Waals surface area contributed by atoms with E-state index in [1.54, 1.807) is 19.9 Å². The van der Waals surface area contributed by atoms with Gasteiger partial charge in [0.05, 0.1) is 5.56 Å². The lowest BCUT2D eigenvalue weighted by atomic mass is 10.1. The van der Waals surface area contributed by atoms with Crippen LogP contribution in [0.1, 0.15) is 22.8 Å². The highest BCUT2D eigenvalue weighted by atomic mass is 16.4. The fourth-order valence-electron chi connectivity index (χ4n) is 1.60. The van der Waals surface area contributed by atoms with Crippen LogP contribution in [0.5, 0.6) is 0 Å². The first kappa shape index (κ1) is 15.5. The van der Waals surface area contributed by atoms with Crippen LogP contribution in [0.15, 0.2) is 18.2 Å². The summed E-state index contributed by atoms with van der Waals surface area (Å²) in [5.74, 6) is -1.69. The van der Waals surface area contributed by atoms with Crippen molar-refractivity contribution in [1.29, 1.82) is 0 Å². The SMILES string of the molecule is CCN(CC(N)=O)C(=O)Nc1cc(C(=O)O)ccc1C. The number of rotatable bonds is 5. The van der Waals surface area contributed by atoms with Crippen molar-refractivity contribution in [3.8, 4) is 0 Å². The first-order valence-electron chi connectivity index (χ1n) is 6.03. The fourth-order valence-corrected chi connectivity index (χ4v) is 1.60. The number of aryl methyl sites for hydroxylation is 1. The number of nitrogens with two attached hydrogens (primary N) is 1. The Bertz CT molecular complexity index is 542.